The Morgan fingerprint density at radius 2 is 1.75 bits per heavy atom. The van der Waals surface area contributed by atoms with Gasteiger partial charge in [-0.05, 0) is 19.9 Å². The van der Waals surface area contributed by atoms with Gasteiger partial charge in [-0.3, -0.25) is 9.28 Å². The Morgan fingerprint density at radius 3 is 2.06 bits per heavy atom. The van der Waals surface area contributed by atoms with Gasteiger partial charge in [0.25, 0.3) is 0 Å². The standard InChI is InChI=1S/C10H20N2O4/c1-4-9(16)11-10(2,3)5-12(6-13,7-14)8-15/h4,13-15H,1,5-8H2,2-3H3/p+1. The van der Waals surface area contributed by atoms with Crippen LogP contribution in [0.15, 0.2) is 12.7 Å². The van der Waals surface area contributed by atoms with Gasteiger partial charge in [-0.15, -0.1) is 0 Å². The van der Waals surface area contributed by atoms with Crippen LogP contribution in [0.3, 0.4) is 0 Å². The van der Waals surface area contributed by atoms with Crippen molar-refractivity contribution in [2.24, 2.45) is 0 Å². The van der Waals surface area contributed by atoms with Gasteiger partial charge in [0.2, 0.25) is 5.91 Å². The fourth-order valence-electron chi connectivity index (χ4n) is 1.55. The van der Waals surface area contributed by atoms with Gasteiger partial charge in [0.1, 0.15) is 6.54 Å². The SMILES string of the molecule is C=CC(=O)NC(C)(C)C[N+](CO)(CO)CO. The molecule has 0 aliphatic carbocycles. The summed E-state index contributed by atoms with van der Waals surface area (Å²) in [5.74, 6) is -0.336. The molecule has 0 aromatic rings. The number of nitrogens with zero attached hydrogens (tertiary/aromatic N) is 1. The average molecular weight is 233 g/mol. The smallest absolute Gasteiger partial charge is 0.243 e. The van der Waals surface area contributed by atoms with E-state index in [1.54, 1.807) is 13.8 Å². The van der Waals surface area contributed by atoms with Crippen molar-refractivity contribution in [1.82, 2.24) is 5.32 Å². The topological polar surface area (TPSA) is 89.8 Å². The minimum absolute atomic E-state index is 0.204. The zero-order valence-corrected chi connectivity index (χ0v) is 9.81. The number of nitrogens with one attached hydrogen (secondary N) is 1. The summed E-state index contributed by atoms with van der Waals surface area (Å²) in [4.78, 5) is 11.2. The van der Waals surface area contributed by atoms with Gasteiger partial charge in [-0.2, -0.15) is 0 Å². The van der Waals surface area contributed by atoms with Gasteiger partial charge in [0, 0.05) is 0 Å². The van der Waals surface area contributed by atoms with Gasteiger partial charge >= 0.3 is 0 Å². The highest BCUT2D eigenvalue weighted by Gasteiger charge is 2.34. The summed E-state index contributed by atoms with van der Waals surface area (Å²) in [7, 11) is 0. The molecule has 0 atom stereocenters. The summed E-state index contributed by atoms with van der Waals surface area (Å²) in [6, 6.07) is 0. The molecule has 0 saturated carbocycles. The zero-order chi connectivity index (χ0) is 12.8. The van der Waals surface area contributed by atoms with Crippen LogP contribution in [-0.2, 0) is 4.79 Å². The molecular weight excluding hydrogens is 212 g/mol. The molecule has 0 rings (SSSR count). The minimum atomic E-state index is -0.667. The summed E-state index contributed by atoms with van der Waals surface area (Å²) in [5, 5.41) is 30.1. The van der Waals surface area contributed by atoms with E-state index in [-0.39, 0.29) is 16.9 Å². The predicted octanol–water partition coefficient (Wildman–Crippen LogP) is -1.27. The molecule has 6 heteroatoms. The Labute approximate surface area is 95.4 Å². The number of rotatable bonds is 7. The molecule has 0 aliphatic heterocycles. The number of hydrogen-bond donors (Lipinski definition) is 4. The van der Waals surface area contributed by atoms with E-state index in [2.05, 4.69) is 11.9 Å². The van der Waals surface area contributed by atoms with E-state index < -0.39 is 25.7 Å². The quantitative estimate of drug-likeness (QED) is 0.251. The molecule has 0 spiro atoms. The molecule has 0 aromatic carbocycles. The molecule has 16 heavy (non-hydrogen) atoms. The molecule has 0 bridgehead atoms. The maximum absolute atomic E-state index is 11.2. The number of aliphatic hydroxyl groups is 3. The maximum Gasteiger partial charge on any atom is 0.243 e. The van der Waals surface area contributed by atoms with E-state index in [4.69, 9.17) is 15.3 Å². The van der Waals surface area contributed by atoms with Crippen molar-refractivity contribution in [2.75, 3.05) is 26.7 Å². The van der Waals surface area contributed by atoms with Crippen molar-refractivity contribution in [1.29, 1.82) is 0 Å². The normalized spacial score (nSPS) is 12.3. The lowest BCUT2D eigenvalue weighted by atomic mass is 10.0. The van der Waals surface area contributed by atoms with Crippen molar-refractivity contribution in [3.63, 3.8) is 0 Å². The Hall–Kier alpha value is -0.950. The minimum Gasteiger partial charge on any atom is -0.347 e. The van der Waals surface area contributed by atoms with Crippen LogP contribution in [0.5, 0.6) is 0 Å². The van der Waals surface area contributed by atoms with Crippen LogP contribution < -0.4 is 5.32 Å². The number of carbonyl (C=O) groups is 1. The Balaban J connectivity index is 4.64. The average Bonchev–Trinajstić information content (AvgIpc) is 2.25. The lowest BCUT2D eigenvalue weighted by Gasteiger charge is -2.38. The van der Waals surface area contributed by atoms with E-state index in [1.807, 2.05) is 0 Å². The highest BCUT2D eigenvalue weighted by molar-refractivity contribution is 5.87. The molecular formula is C10H21N2O4+. The van der Waals surface area contributed by atoms with Gasteiger partial charge in [-0.1, -0.05) is 6.58 Å². The second kappa shape index (κ2) is 5.95. The molecule has 0 radical (unpaired) electrons. The molecule has 0 heterocycles. The molecule has 0 unspecified atom stereocenters. The molecule has 4 N–H and O–H groups in total. The van der Waals surface area contributed by atoms with Gasteiger partial charge < -0.3 is 20.6 Å². The second-order valence-electron chi connectivity index (χ2n) is 4.50. The Morgan fingerprint density at radius 1 is 1.31 bits per heavy atom. The molecule has 0 fully saturated rings. The van der Waals surface area contributed by atoms with Crippen molar-refractivity contribution < 1.29 is 24.6 Å². The fourth-order valence-corrected chi connectivity index (χ4v) is 1.55. The third kappa shape index (κ3) is 4.28. The first kappa shape index (κ1) is 15.0. The Bertz CT molecular complexity index is 241. The van der Waals surface area contributed by atoms with Crippen LogP contribution in [0.25, 0.3) is 0 Å². The van der Waals surface area contributed by atoms with E-state index in [0.717, 1.165) is 6.08 Å². The number of hydrogen-bond acceptors (Lipinski definition) is 4. The molecule has 1 amide bonds. The highest BCUT2D eigenvalue weighted by atomic mass is 16.3. The lowest BCUT2D eigenvalue weighted by molar-refractivity contribution is -0.979. The first-order valence-corrected chi connectivity index (χ1v) is 4.97. The van der Waals surface area contributed by atoms with Crippen molar-refractivity contribution >= 4 is 5.91 Å². The number of carbonyl (C=O) groups excluding carboxylic acids is 1. The van der Waals surface area contributed by atoms with Crippen LogP contribution in [0, 0.1) is 0 Å². The summed E-state index contributed by atoms with van der Waals surface area (Å²) in [6.45, 7) is 5.81. The first-order valence-electron chi connectivity index (χ1n) is 4.97. The summed E-state index contributed by atoms with van der Waals surface area (Å²) in [6.07, 6.45) is 1.15. The molecule has 0 aromatic heterocycles. The number of aliphatic hydroxyl groups excluding tert-OH is 3. The van der Waals surface area contributed by atoms with Crippen molar-refractivity contribution in [3.05, 3.63) is 12.7 Å². The van der Waals surface area contributed by atoms with Crippen molar-refractivity contribution in [2.45, 2.75) is 19.4 Å². The van der Waals surface area contributed by atoms with E-state index >= 15 is 0 Å². The Kier molecular flexibility index (Phi) is 5.60. The molecule has 94 valence electrons. The van der Waals surface area contributed by atoms with Crippen LogP contribution >= 0.6 is 0 Å². The van der Waals surface area contributed by atoms with E-state index in [9.17, 15) is 4.79 Å². The fraction of sp³-hybridized carbons (Fsp3) is 0.700. The predicted molar refractivity (Wildman–Crippen MR) is 58.8 cm³/mol. The first-order chi connectivity index (χ1) is 7.34. The van der Waals surface area contributed by atoms with Gasteiger partial charge in [0.15, 0.2) is 20.2 Å². The summed E-state index contributed by atoms with van der Waals surface area (Å²) < 4.78 is -0.301. The van der Waals surface area contributed by atoms with Crippen LogP contribution in [0.2, 0.25) is 0 Å². The molecule has 0 aliphatic rings. The largest absolute Gasteiger partial charge is 0.347 e. The van der Waals surface area contributed by atoms with E-state index in [1.165, 1.54) is 0 Å². The second-order valence-corrected chi connectivity index (χ2v) is 4.50. The van der Waals surface area contributed by atoms with Crippen LogP contribution in [-0.4, -0.2) is 58.0 Å². The van der Waals surface area contributed by atoms with Crippen LogP contribution in [0.1, 0.15) is 13.8 Å². The van der Waals surface area contributed by atoms with E-state index in [0.29, 0.717) is 0 Å². The summed E-state index contributed by atoms with van der Waals surface area (Å²) >= 11 is 0. The lowest BCUT2D eigenvalue weighted by Crippen LogP contribution is -2.61. The van der Waals surface area contributed by atoms with Gasteiger partial charge in [0.05, 0.1) is 5.54 Å². The number of quaternary nitrogens is 1. The zero-order valence-electron chi connectivity index (χ0n) is 9.81. The van der Waals surface area contributed by atoms with Crippen molar-refractivity contribution in [3.8, 4) is 0 Å². The van der Waals surface area contributed by atoms with Crippen LogP contribution in [0.4, 0.5) is 0 Å². The maximum atomic E-state index is 11.2. The third-order valence-electron chi connectivity index (χ3n) is 2.28. The van der Waals surface area contributed by atoms with Gasteiger partial charge in [-0.25, -0.2) is 0 Å². The third-order valence-corrected chi connectivity index (χ3v) is 2.28. The number of amides is 1. The molecule has 6 nitrogen and oxygen atoms in total. The highest BCUT2D eigenvalue weighted by Crippen LogP contribution is 2.12. The monoisotopic (exact) mass is 233 g/mol. The summed E-state index contributed by atoms with van der Waals surface area (Å²) in [5.41, 5.74) is -0.667. The molecule has 0 saturated heterocycles.